The molecule has 234 valence electrons. The summed E-state index contributed by atoms with van der Waals surface area (Å²) in [5, 5.41) is 49.9. The van der Waals surface area contributed by atoms with E-state index < -0.39 is 68.6 Å². The van der Waals surface area contributed by atoms with Crippen molar-refractivity contribution in [3.8, 4) is 0 Å². The predicted molar refractivity (Wildman–Crippen MR) is 157 cm³/mol. The fourth-order valence-corrected chi connectivity index (χ4v) is 4.42. The molecule has 0 aliphatic rings. The summed E-state index contributed by atoms with van der Waals surface area (Å²) in [7, 11) is 0. The third-order valence-electron chi connectivity index (χ3n) is 6.41. The number of hydrogen-bond donors (Lipinski definition) is 6. The average molecular weight is 613 g/mol. The Morgan fingerprint density at radius 1 is 0.762 bits per heavy atom. The fourth-order valence-electron chi connectivity index (χ4n) is 4.34. The molecule has 0 aromatic heterocycles. The number of nitrogens with zero attached hydrogens (tertiary/aromatic N) is 3. The topological polar surface area (TPSA) is 208 Å². The van der Waals surface area contributed by atoms with Gasteiger partial charge in [0.2, 0.25) is 0 Å². The number of carboxylic acids is 5. The van der Waals surface area contributed by atoms with E-state index in [1.54, 1.807) is 12.1 Å². The van der Waals surface area contributed by atoms with Crippen LogP contribution in [0.25, 0.3) is 0 Å². The van der Waals surface area contributed by atoms with Gasteiger partial charge < -0.3 is 30.8 Å². The molecular weight excluding hydrogens is 572 g/mol. The highest BCUT2D eigenvalue weighted by atomic mass is 32.1. The lowest BCUT2D eigenvalue weighted by molar-refractivity contribution is -0.144. The van der Waals surface area contributed by atoms with Crippen LogP contribution in [0.2, 0.25) is 0 Å². The molecule has 1 aromatic rings. The molecule has 2 atom stereocenters. The summed E-state index contributed by atoms with van der Waals surface area (Å²) in [6, 6.07) is 6.52. The Balaban J connectivity index is 3.20. The van der Waals surface area contributed by atoms with E-state index in [2.05, 4.69) is 5.32 Å². The Morgan fingerprint density at radius 2 is 1.21 bits per heavy atom. The number of thiocarbonyl (C=S) groups is 1. The van der Waals surface area contributed by atoms with Crippen molar-refractivity contribution in [3.63, 3.8) is 0 Å². The standard InChI is InChI=1S/C27H40N4O10S/c1-3-22(42)18(2)11-28-20-6-4-19(5-7-20)10-21(31(16-26(38)39)17-27(40)41)12-29(13-23(32)33)8-9-30(14-24(34)35)15-25(36)37/h4-7,18,21,28H,3,8-17H2,1-2H3,(H,32,33)(H,34,35)(H,36,37)(H,38,39)(H,40,41). The Hall–Kier alpha value is -3.66. The lowest BCUT2D eigenvalue weighted by Crippen LogP contribution is -2.51. The summed E-state index contributed by atoms with van der Waals surface area (Å²) in [4.78, 5) is 61.9. The second-order valence-electron chi connectivity index (χ2n) is 9.98. The van der Waals surface area contributed by atoms with Gasteiger partial charge in [-0.2, -0.15) is 0 Å². The minimum Gasteiger partial charge on any atom is -0.480 e. The van der Waals surface area contributed by atoms with Gasteiger partial charge in [0.05, 0.1) is 32.7 Å². The third kappa shape index (κ3) is 15.4. The van der Waals surface area contributed by atoms with Crippen molar-refractivity contribution in [2.75, 3.05) is 64.2 Å². The van der Waals surface area contributed by atoms with Crippen LogP contribution in [0.4, 0.5) is 5.69 Å². The van der Waals surface area contributed by atoms with E-state index >= 15 is 0 Å². The minimum atomic E-state index is -1.27. The van der Waals surface area contributed by atoms with Crippen LogP contribution in [0.3, 0.4) is 0 Å². The normalized spacial score (nSPS) is 12.7. The second-order valence-corrected chi connectivity index (χ2v) is 10.5. The van der Waals surface area contributed by atoms with E-state index in [4.69, 9.17) is 22.4 Å². The molecule has 6 N–H and O–H groups in total. The number of rotatable bonds is 23. The summed E-state index contributed by atoms with van der Waals surface area (Å²) in [6.07, 6.45) is 0.985. The van der Waals surface area contributed by atoms with Crippen LogP contribution in [-0.4, -0.2) is 140 Å². The van der Waals surface area contributed by atoms with Crippen molar-refractivity contribution in [2.24, 2.45) is 5.92 Å². The zero-order chi connectivity index (χ0) is 31.8. The molecule has 0 heterocycles. The van der Waals surface area contributed by atoms with E-state index in [9.17, 15) is 39.3 Å². The molecule has 15 heteroatoms. The molecule has 0 spiro atoms. The number of carboxylic acid groups (broad SMARTS) is 5. The van der Waals surface area contributed by atoms with Crippen molar-refractivity contribution in [2.45, 2.75) is 32.7 Å². The van der Waals surface area contributed by atoms with Crippen LogP contribution in [0, 0.1) is 5.92 Å². The van der Waals surface area contributed by atoms with Crippen molar-refractivity contribution in [1.29, 1.82) is 0 Å². The van der Waals surface area contributed by atoms with Gasteiger partial charge >= 0.3 is 29.8 Å². The number of benzene rings is 1. The average Bonchev–Trinajstić information content (AvgIpc) is 2.88. The predicted octanol–water partition coefficient (Wildman–Crippen LogP) is 0.755. The van der Waals surface area contributed by atoms with Gasteiger partial charge in [0.15, 0.2) is 0 Å². The Bertz CT molecular complexity index is 1050. The SMILES string of the molecule is CCC(=S)C(C)CNc1ccc(CC(CN(CCN(CC(=O)O)CC(=O)O)CC(=O)O)N(CC(=O)O)CC(=O)O)cc1. The van der Waals surface area contributed by atoms with Gasteiger partial charge in [-0.3, -0.25) is 38.7 Å². The van der Waals surface area contributed by atoms with Crippen LogP contribution in [0.15, 0.2) is 24.3 Å². The molecule has 1 aromatic carbocycles. The summed E-state index contributed by atoms with van der Waals surface area (Å²) >= 11 is 5.35. The first-order chi connectivity index (χ1) is 19.7. The van der Waals surface area contributed by atoms with Crippen molar-refractivity contribution >= 4 is 52.6 Å². The van der Waals surface area contributed by atoms with Crippen LogP contribution in [0.1, 0.15) is 25.8 Å². The maximum absolute atomic E-state index is 11.6. The molecule has 1 rings (SSSR count). The lowest BCUT2D eigenvalue weighted by atomic mass is 10.0. The van der Waals surface area contributed by atoms with Gasteiger partial charge in [-0.05, 0) is 35.4 Å². The Labute approximate surface area is 249 Å². The molecule has 42 heavy (non-hydrogen) atoms. The monoisotopic (exact) mass is 612 g/mol. The van der Waals surface area contributed by atoms with Gasteiger partial charge in [0.1, 0.15) is 0 Å². The van der Waals surface area contributed by atoms with Gasteiger partial charge in [0, 0.05) is 43.8 Å². The Kier molecular flexibility index (Phi) is 16.2. The van der Waals surface area contributed by atoms with E-state index in [0.717, 1.165) is 27.4 Å². The third-order valence-corrected chi connectivity index (χ3v) is 7.10. The maximum Gasteiger partial charge on any atom is 0.317 e. The van der Waals surface area contributed by atoms with E-state index in [0.29, 0.717) is 6.54 Å². The molecule has 14 nitrogen and oxygen atoms in total. The van der Waals surface area contributed by atoms with Crippen molar-refractivity contribution in [1.82, 2.24) is 14.7 Å². The van der Waals surface area contributed by atoms with E-state index in [1.807, 2.05) is 26.0 Å². The van der Waals surface area contributed by atoms with Gasteiger partial charge in [0.25, 0.3) is 0 Å². The van der Waals surface area contributed by atoms with Gasteiger partial charge in [-0.1, -0.05) is 38.2 Å². The molecular formula is C27H40N4O10S. The summed E-state index contributed by atoms with van der Waals surface area (Å²) in [5.74, 6) is -6.07. The first kappa shape index (κ1) is 36.4. The zero-order valence-electron chi connectivity index (χ0n) is 23.8. The highest BCUT2D eigenvalue weighted by molar-refractivity contribution is 7.80. The number of nitrogens with one attached hydrogen (secondary N) is 1. The molecule has 0 amide bonds. The van der Waals surface area contributed by atoms with Crippen molar-refractivity contribution < 1.29 is 49.5 Å². The first-order valence-corrected chi connectivity index (χ1v) is 13.7. The molecule has 0 fully saturated rings. The number of carbonyl (C=O) groups is 5. The van der Waals surface area contributed by atoms with E-state index in [-0.39, 0.29) is 32.0 Å². The maximum atomic E-state index is 11.6. The van der Waals surface area contributed by atoms with Crippen molar-refractivity contribution in [3.05, 3.63) is 29.8 Å². The quantitative estimate of drug-likeness (QED) is 0.0943. The van der Waals surface area contributed by atoms with Crippen LogP contribution in [0.5, 0.6) is 0 Å². The Morgan fingerprint density at radius 3 is 1.67 bits per heavy atom. The smallest absolute Gasteiger partial charge is 0.317 e. The van der Waals surface area contributed by atoms with E-state index in [1.165, 1.54) is 9.80 Å². The highest BCUT2D eigenvalue weighted by Gasteiger charge is 2.27. The number of anilines is 1. The second kappa shape index (κ2) is 18.7. The summed E-state index contributed by atoms with van der Waals surface area (Å²) in [6.45, 7) is 1.54. The molecule has 0 aliphatic heterocycles. The molecule has 2 unspecified atom stereocenters. The molecule has 0 saturated carbocycles. The molecule has 0 aliphatic carbocycles. The minimum absolute atomic E-state index is 0.0575. The molecule has 0 bridgehead atoms. The van der Waals surface area contributed by atoms with Crippen LogP contribution >= 0.6 is 12.2 Å². The largest absolute Gasteiger partial charge is 0.480 e. The van der Waals surface area contributed by atoms with Crippen LogP contribution < -0.4 is 5.32 Å². The molecule has 0 radical (unpaired) electrons. The molecule has 0 saturated heterocycles. The highest BCUT2D eigenvalue weighted by Crippen LogP contribution is 2.16. The summed E-state index contributed by atoms with van der Waals surface area (Å²) in [5.41, 5.74) is 1.58. The van der Waals surface area contributed by atoms with Gasteiger partial charge in [-0.25, -0.2) is 0 Å². The summed E-state index contributed by atoms with van der Waals surface area (Å²) < 4.78 is 0. The fraction of sp³-hybridized carbons (Fsp3) is 0.556. The zero-order valence-corrected chi connectivity index (χ0v) is 24.6. The first-order valence-electron chi connectivity index (χ1n) is 13.3. The number of hydrogen-bond acceptors (Lipinski definition) is 10. The van der Waals surface area contributed by atoms with Gasteiger partial charge in [-0.15, -0.1) is 0 Å². The number of aliphatic carboxylic acids is 5. The lowest BCUT2D eigenvalue weighted by Gasteiger charge is -2.34. The van der Waals surface area contributed by atoms with Crippen LogP contribution in [-0.2, 0) is 30.4 Å².